The van der Waals surface area contributed by atoms with Crippen molar-refractivity contribution in [3.63, 3.8) is 0 Å². The van der Waals surface area contributed by atoms with E-state index in [2.05, 4.69) is 49.7 Å². The normalized spacial score (nSPS) is 12.9. The largest absolute Gasteiger partial charge is 0.496 e. The second-order valence-corrected chi connectivity index (χ2v) is 6.18. The molecule has 2 nitrogen and oxygen atoms in total. The SMILES string of the molecule is COc1c(C)cc(Br)c(C)c1C(N)CCC(C)C. The molecule has 0 amide bonds. The van der Waals surface area contributed by atoms with Crippen LogP contribution < -0.4 is 10.5 Å². The fourth-order valence-corrected chi connectivity index (χ4v) is 2.81. The monoisotopic (exact) mass is 313 g/mol. The Morgan fingerprint density at radius 1 is 1.28 bits per heavy atom. The Hall–Kier alpha value is -0.540. The van der Waals surface area contributed by atoms with Crippen molar-refractivity contribution < 1.29 is 4.74 Å². The van der Waals surface area contributed by atoms with E-state index in [9.17, 15) is 0 Å². The van der Waals surface area contributed by atoms with Gasteiger partial charge in [-0.3, -0.25) is 0 Å². The topological polar surface area (TPSA) is 35.2 Å². The number of rotatable bonds is 5. The lowest BCUT2D eigenvalue weighted by Crippen LogP contribution is -2.15. The van der Waals surface area contributed by atoms with Crippen molar-refractivity contribution in [1.29, 1.82) is 0 Å². The zero-order valence-electron chi connectivity index (χ0n) is 12.0. The van der Waals surface area contributed by atoms with E-state index in [4.69, 9.17) is 10.5 Å². The van der Waals surface area contributed by atoms with E-state index in [-0.39, 0.29) is 6.04 Å². The first-order valence-electron chi connectivity index (χ1n) is 6.47. The highest BCUT2D eigenvalue weighted by Crippen LogP contribution is 2.37. The molecule has 1 aromatic rings. The van der Waals surface area contributed by atoms with Crippen molar-refractivity contribution in [1.82, 2.24) is 0 Å². The minimum absolute atomic E-state index is 0.0403. The van der Waals surface area contributed by atoms with Crippen LogP contribution in [0.1, 0.15) is 49.4 Å². The standard InChI is InChI=1S/C15H24BrNO/c1-9(2)6-7-13(17)14-11(4)12(16)8-10(3)15(14)18-5/h8-9,13H,6-7,17H2,1-5H3. The predicted octanol–water partition coefficient (Wildman–Crippen LogP) is 4.51. The van der Waals surface area contributed by atoms with E-state index in [0.717, 1.165) is 34.2 Å². The molecule has 0 bridgehead atoms. The third-order valence-corrected chi connectivity index (χ3v) is 4.16. The van der Waals surface area contributed by atoms with Crippen molar-refractivity contribution in [2.75, 3.05) is 7.11 Å². The second-order valence-electron chi connectivity index (χ2n) is 5.32. The Morgan fingerprint density at radius 2 is 1.89 bits per heavy atom. The van der Waals surface area contributed by atoms with Gasteiger partial charge in [0.2, 0.25) is 0 Å². The molecule has 0 fully saturated rings. The first-order valence-corrected chi connectivity index (χ1v) is 7.26. The average Bonchev–Trinajstić information content (AvgIpc) is 2.30. The molecule has 0 aliphatic heterocycles. The van der Waals surface area contributed by atoms with Crippen molar-refractivity contribution in [3.05, 3.63) is 27.2 Å². The van der Waals surface area contributed by atoms with Gasteiger partial charge in [-0.15, -0.1) is 0 Å². The fourth-order valence-electron chi connectivity index (χ4n) is 2.25. The quantitative estimate of drug-likeness (QED) is 0.868. The molecule has 0 saturated heterocycles. The number of aryl methyl sites for hydroxylation is 1. The summed E-state index contributed by atoms with van der Waals surface area (Å²) in [5.74, 6) is 1.61. The molecule has 102 valence electrons. The van der Waals surface area contributed by atoms with Crippen LogP contribution in [0.3, 0.4) is 0 Å². The third kappa shape index (κ3) is 3.48. The molecule has 0 saturated carbocycles. The molecule has 1 rings (SSSR count). The summed E-state index contributed by atoms with van der Waals surface area (Å²) in [6.45, 7) is 8.60. The molecular weight excluding hydrogens is 290 g/mol. The molecule has 0 aromatic heterocycles. The molecule has 18 heavy (non-hydrogen) atoms. The van der Waals surface area contributed by atoms with Crippen LogP contribution in [-0.2, 0) is 0 Å². The zero-order chi connectivity index (χ0) is 13.9. The summed E-state index contributed by atoms with van der Waals surface area (Å²) in [6, 6.07) is 2.13. The minimum Gasteiger partial charge on any atom is -0.496 e. The van der Waals surface area contributed by atoms with Gasteiger partial charge in [0.25, 0.3) is 0 Å². The van der Waals surface area contributed by atoms with Crippen LogP contribution in [0, 0.1) is 19.8 Å². The summed E-state index contributed by atoms with van der Waals surface area (Å²) in [7, 11) is 1.72. The molecule has 0 spiro atoms. The van der Waals surface area contributed by atoms with Crippen LogP contribution >= 0.6 is 15.9 Å². The van der Waals surface area contributed by atoms with E-state index < -0.39 is 0 Å². The summed E-state index contributed by atoms with van der Waals surface area (Å²) in [4.78, 5) is 0. The summed E-state index contributed by atoms with van der Waals surface area (Å²) in [5.41, 5.74) is 9.82. The summed E-state index contributed by atoms with van der Waals surface area (Å²) in [5, 5.41) is 0. The third-order valence-electron chi connectivity index (χ3n) is 3.34. The van der Waals surface area contributed by atoms with Gasteiger partial charge in [-0.2, -0.15) is 0 Å². The van der Waals surface area contributed by atoms with E-state index in [1.54, 1.807) is 7.11 Å². The molecule has 1 unspecified atom stereocenters. The first kappa shape index (κ1) is 15.5. The van der Waals surface area contributed by atoms with Gasteiger partial charge in [-0.05, 0) is 49.8 Å². The van der Waals surface area contributed by atoms with Crippen molar-refractivity contribution in [3.8, 4) is 5.75 Å². The van der Waals surface area contributed by atoms with E-state index in [1.807, 2.05) is 0 Å². The van der Waals surface area contributed by atoms with Crippen LogP contribution in [0.15, 0.2) is 10.5 Å². The smallest absolute Gasteiger partial charge is 0.126 e. The molecule has 1 aromatic carbocycles. The molecule has 2 N–H and O–H groups in total. The van der Waals surface area contributed by atoms with Gasteiger partial charge in [0, 0.05) is 16.1 Å². The van der Waals surface area contributed by atoms with Crippen molar-refractivity contribution in [2.45, 2.75) is 46.6 Å². The summed E-state index contributed by atoms with van der Waals surface area (Å²) < 4.78 is 6.65. The van der Waals surface area contributed by atoms with Crippen LogP contribution in [0.5, 0.6) is 5.75 Å². The highest BCUT2D eigenvalue weighted by molar-refractivity contribution is 9.10. The van der Waals surface area contributed by atoms with E-state index >= 15 is 0 Å². The van der Waals surface area contributed by atoms with Crippen LogP contribution in [0.2, 0.25) is 0 Å². The van der Waals surface area contributed by atoms with E-state index in [0.29, 0.717) is 5.92 Å². The molecule has 0 heterocycles. The lowest BCUT2D eigenvalue weighted by atomic mass is 9.93. The maximum absolute atomic E-state index is 6.36. The number of methoxy groups -OCH3 is 1. The number of hydrogen-bond acceptors (Lipinski definition) is 2. The number of ether oxygens (including phenoxy) is 1. The van der Waals surface area contributed by atoms with Crippen molar-refractivity contribution in [2.24, 2.45) is 11.7 Å². The van der Waals surface area contributed by atoms with Crippen molar-refractivity contribution >= 4 is 15.9 Å². The second kappa shape index (κ2) is 6.58. The summed E-state index contributed by atoms with van der Waals surface area (Å²) in [6.07, 6.45) is 2.13. The highest BCUT2D eigenvalue weighted by atomic mass is 79.9. The lowest BCUT2D eigenvalue weighted by molar-refractivity contribution is 0.397. The van der Waals surface area contributed by atoms with Gasteiger partial charge in [0.1, 0.15) is 5.75 Å². The molecule has 0 radical (unpaired) electrons. The Bertz CT molecular complexity index is 415. The number of benzene rings is 1. The Balaban J connectivity index is 3.12. The lowest BCUT2D eigenvalue weighted by Gasteiger charge is -2.21. The Labute approximate surface area is 119 Å². The summed E-state index contributed by atoms with van der Waals surface area (Å²) >= 11 is 3.60. The molecule has 0 aliphatic carbocycles. The average molecular weight is 314 g/mol. The Morgan fingerprint density at radius 3 is 2.39 bits per heavy atom. The fraction of sp³-hybridized carbons (Fsp3) is 0.600. The van der Waals surface area contributed by atoms with Gasteiger partial charge in [-0.25, -0.2) is 0 Å². The minimum atomic E-state index is 0.0403. The zero-order valence-corrected chi connectivity index (χ0v) is 13.6. The van der Waals surface area contributed by atoms with E-state index in [1.165, 1.54) is 5.56 Å². The number of nitrogens with two attached hydrogens (primary N) is 1. The number of halogens is 1. The molecular formula is C15H24BrNO. The first-order chi connectivity index (χ1) is 8.38. The van der Waals surface area contributed by atoms with Gasteiger partial charge in [0.05, 0.1) is 7.11 Å². The van der Waals surface area contributed by atoms with Crippen LogP contribution in [0.25, 0.3) is 0 Å². The Kier molecular flexibility index (Phi) is 5.67. The highest BCUT2D eigenvalue weighted by Gasteiger charge is 2.19. The molecule has 3 heteroatoms. The van der Waals surface area contributed by atoms with Crippen LogP contribution in [-0.4, -0.2) is 7.11 Å². The van der Waals surface area contributed by atoms with Gasteiger partial charge in [0.15, 0.2) is 0 Å². The van der Waals surface area contributed by atoms with Gasteiger partial charge < -0.3 is 10.5 Å². The number of hydrogen-bond donors (Lipinski definition) is 1. The van der Waals surface area contributed by atoms with Gasteiger partial charge >= 0.3 is 0 Å². The molecule has 1 atom stereocenters. The molecule has 0 aliphatic rings. The van der Waals surface area contributed by atoms with Gasteiger partial charge in [-0.1, -0.05) is 29.8 Å². The maximum Gasteiger partial charge on any atom is 0.126 e. The van der Waals surface area contributed by atoms with Crippen LogP contribution in [0.4, 0.5) is 0 Å². The predicted molar refractivity (Wildman–Crippen MR) is 81.2 cm³/mol. The maximum atomic E-state index is 6.36.